The Hall–Kier alpha value is -0.340. The summed E-state index contributed by atoms with van der Waals surface area (Å²) >= 11 is 0. The van der Waals surface area contributed by atoms with Crippen molar-refractivity contribution >= 4 is 0 Å². The molecule has 2 nitrogen and oxygen atoms in total. The molecule has 44 valence electrons. The minimum Gasteiger partial charge on any atom is -0.346 e. The highest BCUT2D eigenvalue weighted by molar-refractivity contribution is 4.95. The number of fused-ring (bicyclic) bond motifs is 2. The molecule has 0 unspecified atom stereocenters. The quantitative estimate of drug-likeness (QED) is 0.429. The largest absolute Gasteiger partial charge is 0.346 e. The van der Waals surface area contributed by atoms with E-state index in [-0.39, 0.29) is 6.29 Å². The maximum atomic E-state index is 5.29. The molecule has 2 heterocycles. The molecule has 2 atom stereocenters. The minimum atomic E-state index is -0.0197. The van der Waals surface area contributed by atoms with Crippen molar-refractivity contribution in [2.75, 3.05) is 6.61 Å². The van der Waals surface area contributed by atoms with Crippen molar-refractivity contribution in [3.63, 3.8) is 0 Å². The Bertz CT molecular complexity index is 120. The van der Waals surface area contributed by atoms with E-state index in [4.69, 9.17) is 9.47 Å². The van der Waals surface area contributed by atoms with Crippen LogP contribution in [0.3, 0.4) is 0 Å². The maximum Gasteiger partial charge on any atom is 0.177 e. The zero-order valence-corrected chi connectivity index (χ0v) is 4.54. The second kappa shape index (κ2) is 1.57. The molecule has 0 saturated carbocycles. The van der Waals surface area contributed by atoms with E-state index in [0.29, 0.717) is 6.10 Å². The van der Waals surface area contributed by atoms with Crippen molar-refractivity contribution in [1.82, 2.24) is 0 Å². The molecule has 0 aromatic rings. The van der Waals surface area contributed by atoms with Gasteiger partial charge in [-0.15, -0.1) is 0 Å². The Morgan fingerprint density at radius 2 is 2.50 bits per heavy atom. The van der Waals surface area contributed by atoms with Gasteiger partial charge in [-0.1, -0.05) is 6.08 Å². The molecule has 0 aliphatic carbocycles. The minimum absolute atomic E-state index is 0.0197. The van der Waals surface area contributed by atoms with E-state index < -0.39 is 0 Å². The molecule has 0 aromatic heterocycles. The summed E-state index contributed by atoms with van der Waals surface area (Å²) in [5.41, 5.74) is 0. The SMILES string of the molecule is C1=C[C@H]2OC[C@@H](C1)O2. The number of rotatable bonds is 0. The van der Waals surface area contributed by atoms with Gasteiger partial charge in [-0.3, -0.25) is 0 Å². The first-order valence-electron chi connectivity index (χ1n) is 2.89. The lowest BCUT2D eigenvalue weighted by molar-refractivity contribution is -0.0247. The van der Waals surface area contributed by atoms with E-state index in [1.54, 1.807) is 0 Å². The molecule has 0 spiro atoms. The second-order valence-electron chi connectivity index (χ2n) is 2.12. The van der Waals surface area contributed by atoms with Crippen molar-refractivity contribution < 1.29 is 9.47 Å². The molecular formula is C6H8O2. The van der Waals surface area contributed by atoms with Crippen molar-refractivity contribution in [2.45, 2.75) is 18.8 Å². The Morgan fingerprint density at radius 3 is 3.25 bits per heavy atom. The Labute approximate surface area is 48.1 Å². The second-order valence-corrected chi connectivity index (χ2v) is 2.12. The van der Waals surface area contributed by atoms with Crippen LogP contribution in [0, 0.1) is 0 Å². The average Bonchev–Trinajstić information content (AvgIpc) is 2.12. The molecule has 0 N–H and O–H groups in total. The fraction of sp³-hybridized carbons (Fsp3) is 0.667. The summed E-state index contributed by atoms with van der Waals surface area (Å²) in [6.45, 7) is 0.775. The molecule has 1 saturated heterocycles. The van der Waals surface area contributed by atoms with E-state index in [2.05, 4.69) is 6.08 Å². The van der Waals surface area contributed by atoms with Crippen LogP contribution in [-0.2, 0) is 9.47 Å². The van der Waals surface area contributed by atoms with Crippen molar-refractivity contribution in [1.29, 1.82) is 0 Å². The molecule has 0 aromatic carbocycles. The third-order valence-corrected chi connectivity index (χ3v) is 1.47. The topological polar surface area (TPSA) is 18.5 Å². The van der Waals surface area contributed by atoms with Crippen molar-refractivity contribution in [3.05, 3.63) is 12.2 Å². The molecule has 0 amide bonds. The molecular weight excluding hydrogens is 104 g/mol. The van der Waals surface area contributed by atoms with Crippen LogP contribution < -0.4 is 0 Å². The van der Waals surface area contributed by atoms with Crippen LogP contribution in [0.25, 0.3) is 0 Å². The maximum absolute atomic E-state index is 5.29. The van der Waals surface area contributed by atoms with Gasteiger partial charge in [-0.2, -0.15) is 0 Å². The summed E-state index contributed by atoms with van der Waals surface area (Å²) in [5, 5.41) is 0. The standard InChI is InChI=1S/C6H8O2/c1-2-5-4-7-6(3-1)8-5/h1,3,5-6H,2,4H2/t5-,6+/m1/s1. The van der Waals surface area contributed by atoms with Gasteiger partial charge in [0.1, 0.15) is 0 Å². The summed E-state index contributed by atoms with van der Waals surface area (Å²) in [6.07, 6.45) is 5.44. The van der Waals surface area contributed by atoms with E-state index in [1.165, 1.54) is 0 Å². The third kappa shape index (κ3) is 0.572. The van der Waals surface area contributed by atoms with Gasteiger partial charge >= 0.3 is 0 Å². The van der Waals surface area contributed by atoms with Crippen LogP contribution in [0.4, 0.5) is 0 Å². The van der Waals surface area contributed by atoms with Gasteiger partial charge < -0.3 is 9.47 Å². The molecule has 8 heavy (non-hydrogen) atoms. The van der Waals surface area contributed by atoms with Crippen LogP contribution in [0.1, 0.15) is 6.42 Å². The summed E-state index contributed by atoms with van der Waals surface area (Å²) in [4.78, 5) is 0. The molecule has 2 bridgehead atoms. The van der Waals surface area contributed by atoms with E-state index in [1.807, 2.05) is 6.08 Å². The monoisotopic (exact) mass is 112 g/mol. The Morgan fingerprint density at radius 1 is 1.50 bits per heavy atom. The first-order chi connectivity index (χ1) is 3.95. The van der Waals surface area contributed by atoms with Gasteiger partial charge in [-0.05, 0) is 12.5 Å². The van der Waals surface area contributed by atoms with Gasteiger partial charge in [0.15, 0.2) is 6.29 Å². The van der Waals surface area contributed by atoms with Gasteiger partial charge in [0.25, 0.3) is 0 Å². The lowest BCUT2D eigenvalue weighted by atomic mass is 10.2. The van der Waals surface area contributed by atoms with E-state index in [0.717, 1.165) is 13.0 Å². The van der Waals surface area contributed by atoms with Crippen LogP contribution in [0.5, 0.6) is 0 Å². The van der Waals surface area contributed by atoms with E-state index in [9.17, 15) is 0 Å². The zero-order chi connectivity index (χ0) is 5.40. The highest BCUT2D eigenvalue weighted by Gasteiger charge is 2.25. The molecule has 2 heteroatoms. The first-order valence-corrected chi connectivity index (χ1v) is 2.89. The Kier molecular flexibility index (Phi) is 0.889. The molecule has 2 aliphatic heterocycles. The highest BCUT2D eigenvalue weighted by atomic mass is 16.7. The van der Waals surface area contributed by atoms with E-state index >= 15 is 0 Å². The molecule has 2 rings (SSSR count). The smallest absolute Gasteiger partial charge is 0.177 e. The van der Waals surface area contributed by atoms with Gasteiger partial charge in [-0.25, -0.2) is 0 Å². The van der Waals surface area contributed by atoms with Crippen molar-refractivity contribution in [3.8, 4) is 0 Å². The van der Waals surface area contributed by atoms with Gasteiger partial charge in [0.05, 0.1) is 12.7 Å². The predicted octanol–water partition coefficient (Wildman–Crippen LogP) is 0.688. The number of hydrogen-bond acceptors (Lipinski definition) is 2. The van der Waals surface area contributed by atoms with Crippen molar-refractivity contribution in [2.24, 2.45) is 0 Å². The molecule has 1 fully saturated rings. The zero-order valence-electron chi connectivity index (χ0n) is 4.54. The number of ether oxygens (including phenoxy) is 2. The predicted molar refractivity (Wildman–Crippen MR) is 28.4 cm³/mol. The molecule has 2 aliphatic rings. The lowest BCUT2D eigenvalue weighted by Gasteiger charge is -2.09. The normalized spacial score (nSPS) is 43.0. The third-order valence-electron chi connectivity index (χ3n) is 1.47. The van der Waals surface area contributed by atoms with Crippen LogP contribution in [-0.4, -0.2) is 19.0 Å². The number of hydrogen-bond donors (Lipinski definition) is 0. The van der Waals surface area contributed by atoms with Crippen LogP contribution in [0.15, 0.2) is 12.2 Å². The summed E-state index contributed by atoms with van der Waals surface area (Å²) in [6, 6.07) is 0. The van der Waals surface area contributed by atoms with Crippen LogP contribution in [0.2, 0.25) is 0 Å². The first kappa shape index (κ1) is 4.53. The summed E-state index contributed by atoms with van der Waals surface area (Å²) < 4.78 is 10.5. The fourth-order valence-electron chi connectivity index (χ4n) is 1.04. The van der Waals surface area contributed by atoms with Gasteiger partial charge in [0.2, 0.25) is 0 Å². The lowest BCUT2D eigenvalue weighted by Crippen LogP contribution is -2.13. The summed E-state index contributed by atoms with van der Waals surface area (Å²) in [7, 11) is 0. The summed E-state index contributed by atoms with van der Waals surface area (Å²) in [5.74, 6) is 0. The fourth-order valence-corrected chi connectivity index (χ4v) is 1.04. The van der Waals surface area contributed by atoms with Crippen LogP contribution >= 0.6 is 0 Å². The molecule has 0 radical (unpaired) electrons. The Balaban J connectivity index is 2.17. The highest BCUT2D eigenvalue weighted by Crippen LogP contribution is 2.20. The van der Waals surface area contributed by atoms with Gasteiger partial charge in [0, 0.05) is 0 Å². The average molecular weight is 112 g/mol.